The van der Waals surface area contributed by atoms with Gasteiger partial charge in [-0.05, 0) is 38.3 Å². The Morgan fingerprint density at radius 2 is 1.65 bits per heavy atom. The zero-order valence-electron chi connectivity index (χ0n) is 12.9. The molecular weight excluding hydrogens is 246 g/mol. The lowest BCUT2D eigenvalue weighted by Gasteiger charge is -2.14. The predicted molar refractivity (Wildman–Crippen MR) is 85.3 cm³/mol. The summed E-state index contributed by atoms with van der Waals surface area (Å²) in [6, 6.07) is 8.49. The van der Waals surface area contributed by atoms with E-state index in [0.717, 1.165) is 30.5 Å². The molecule has 1 aromatic carbocycles. The number of unbranched alkanes of at least 4 members (excludes halogenated alkanes) is 1. The molecule has 1 aromatic heterocycles. The molecule has 20 heavy (non-hydrogen) atoms. The number of aryl methyl sites for hydroxylation is 2. The summed E-state index contributed by atoms with van der Waals surface area (Å²) in [5, 5.41) is 0. The van der Waals surface area contributed by atoms with Gasteiger partial charge in [0.2, 0.25) is 0 Å². The summed E-state index contributed by atoms with van der Waals surface area (Å²) in [4.78, 5) is 12.3. The number of pyridine rings is 1. The van der Waals surface area contributed by atoms with Crippen LogP contribution in [0.2, 0.25) is 0 Å². The topological polar surface area (TPSA) is 22.0 Å². The zero-order valence-corrected chi connectivity index (χ0v) is 12.9. The van der Waals surface area contributed by atoms with Crippen LogP contribution in [0.3, 0.4) is 0 Å². The molecule has 0 radical (unpaired) electrons. The number of aromatic nitrogens is 1. The van der Waals surface area contributed by atoms with Gasteiger partial charge < -0.3 is 4.57 Å². The largest absolute Gasteiger partial charge is 0.315 e. The van der Waals surface area contributed by atoms with Crippen LogP contribution in [-0.4, -0.2) is 4.57 Å². The van der Waals surface area contributed by atoms with Gasteiger partial charge in [0.1, 0.15) is 0 Å². The van der Waals surface area contributed by atoms with E-state index in [9.17, 15) is 4.79 Å². The highest BCUT2D eigenvalue weighted by Crippen LogP contribution is 2.24. The molecule has 0 aliphatic rings. The van der Waals surface area contributed by atoms with E-state index in [4.69, 9.17) is 0 Å². The molecule has 2 heteroatoms. The van der Waals surface area contributed by atoms with Crippen molar-refractivity contribution in [2.24, 2.45) is 0 Å². The molecule has 106 valence electrons. The van der Waals surface area contributed by atoms with Crippen LogP contribution in [0, 0.1) is 20.8 Å². The molecule has 0 fully saturated rings. The van der Waals surface area contributed by atoms with Crippen molar-refractivity contribution in [3.63, 3.8) is 0 Å². The maximum atomic E-state index is 12.3. The second-order valence-corrected chi connectivity index (χ2v) is 5.51. The Balaban J connectivity index is 2.55. The third-order valence-corrected chi connectivity index (χ3v) is 3.95. The van der Waals surface area contributed by atoms with Crippen molar-refractivity contribution in [2.45, 2.75) is 47.1 Å². The van der Waals surface area contributed by atoms with Crippen molar-refractivity contribution in [2.75, 3.05) is 0 Å². The molecule has 0 bridgehead atoms. The Kier molecular flexibility index (Phi) is 4.43. The first-order valence-corrected chi connectivity index (χ1v) is 7.32. The minimum absolute atomic E-state index is 0.145. The van der Waals surface area contributed by atoms with Gasteiger partial charge in [-0.1, -0.05) is 43.2 Å². The van der Waals surface area contributed by atoms with E-state index >= 15 is 0 Å². The van der Waals surface area contributed by atoms with Gasteiger partial charge >= 0.3 is 0 Å². The SMILES string of the molecule is CCCCn1cc(-c2ccc(C)cc2)c(C)c(C)c1=O. The van der Waals surface area contributed by atoms with Crippen molar-refractivity contribution < 1.29 is 0 Å². The molecular formula is C18H23NO. The molecule has 0 atom stereocenters. The van der Waals surface area contributed by atoms with Crippen molar-refractivity contribution >= 4 is 0 Å². The highest BCUT2D eigenvalue weighted by Gasteiger charge is 2.10. The Bertz CT molecular complexity index is 650. The number of hydrogen-bond donors (Lipinski definition) is 0. The average Bonchev–Trinajstić information content (AvgIpc) is 2.45. The van der Waals surface area contributed by atoms with Gasteiger partial charge in [-0.25, -0.2) is 0 Å². The van der Waals surface area contributed by atoms with Gasteiger partial charge in [0.15, 0.2) is 0 Å². The van der Waals surface area contributed by atoms with E-state index in [1.165, 1.54) is 16.7 Å². The van der Waals surface area contributed by atoms with E-state index in [2.05, 4.69) is 38.1 Å². The maximum absolute atomic E-state index is 12.3. The van der Waals surface area contributed by atoms with Gasteiger partial charge in [-0.3, -0.25) is 4.79 Å². The summed E-state index contributed by atoms with van der Waals surface area (Å²) in [5.41, 5.74) is 5.69. The predicted octanol–water partition coefficient (Wildman–Crippen LogP) is 4.24. The number of benzene rings is 1. The second-order valence-electron chi connectivity index (χ2n) is 5.51. The molecule has 0 amide bonds. The highest BCUT2D eigenvalue weighted by atomic mass is 16.1. The molecule has 0 saturated heterocycles. The molecule has 2 rings (SSSR count). The highest BCUT2D eigenvalue weighted by molar-refractivity contribution is 5.67. The standard InChI is InChI=1S/C18H23NO/c1-5-6-11-19-12-17(14(3)15(4)18(19)20)16-9-7-13(2)8-10-16/h7-10,12H,5-6,11H2,1-4H3. The monoisotopic (exact) mass is 269 g/mol. The lowest BCUT2D eigenvalue weighted by molar-refractivity contribution is 0.610. The van der Waals surface area contributed by atoms with Crippen LogP contribution >= 0.6 is 0 Å². The maximum Gasteiger partial charge on any atom is 0.253 e. The van der Waals surface area contributed by atoms with Gasteiger partial charge in [0.25, 0.3) is 5.56 Å². The molecule has 0 N–H and O–H groups in total. The third-order valence-electron chi connectivity index (χ3n) is 3.95. The smallest absolute Gasteiger partial charge is 0.253 e. The Morgan fingerprint density at radius 3 is 2.25 bits per heavy atom. The lowest BCUT2D eigenvalue weighted by Crippen LogP contribution is -2.23. The van der Waals surface area contributed by atoms with Crippen molar-refractivity contribution in [3.8, 4) is 11.1 Å². The van der Waals surface area contributed by atoms with Crippen LogP contribution in [0.15, 0.2) is 35.3 Å². The van der Waals surface area contributed by atoms with Gasteiger partial charge in [-0.15, -0.1) is 0 Å². The summed E-state index contributed by atoms with van der Waals surface area (Å²) >= 11 is 0. The Labute approximate surface area is 121 Å². The van der Waals surface area contributed by atoms with Gasteiger partial charge in [-0.2, -0.15) is 0 Å². The quantitative estimate of drug-likeness (QED) is 0.813. The molecule has 0 aliphatic heterocycles. The molecule has 0 unspecified atom stereocenters. The van der Waals surface area contributed by atoms with Crippen molar-refractivity contribution in [1.29, 1.82) is 0 Å². The number of hydrogen-bond acceptors (Lipinski definition) is 1. The summed E-state index contributed by atoms with van der Waals surface area (Å²) < 4.78 is 1.86. The molecule has 2 nitrogen and oxygen atoms in total. The van der Waals surface area contributed by atoms with Gasteiger partial charge in [0, 0.05) is 23.9 Å². The minimum atomic E-state index is 0.145. The van der Waals surface area contributed by atoms with Crippen LogP contribution in [0.4, 0.5) is 0 Å². The normalized spacial score (nSPS) is 10.8. The van der Waals surface area contributed by atoms with Crippen LogP contribution in [0.25, 0.3) is 11.1 Å². The molecule has 0 spiro atoms. The number of rotatable bonds is 4. The fraction of sp³-hybridized carbons (Fsp3) is 0.389. The molecule has 0 aliphatic carbocycles. The fourth-order valence-corrected chi connectivity index (χ4v) is 2.41. The fourth-order valence-electron chi connectivity index (χ4n) is 2.41. The Morgan fingerprint density at radius 1 is 1.00 bits per heavy atom. The Hall–Kier alpha value is -1.83. The van der Waals surface area contributed by atoms with E-state index in [0.29, 0.717) is 0 Å². The van der Waals surface area contributed by atoms with Gasteiger partial charge in [0.05, 0.1) is 0 Å². The van der Waals surface area contributed by atoms with Crippen LogP contribution in [0.1, 0.15) is 36.5 Å². The first-order chi connectivity index (χ1) is 9.54. The summed E-state index contributed by atoms with van der Waals surface area (Å²) in [5.74, 6) is 0. The first-order valence-electron chi connectivity index (χ1n) is 7.32. The van der Waals surface area contributed by atoms with Crippen molar-refractivity contribution in [1.82, 2.24) is 4.57 Å². The van der Waals surface area contributed by atoms with E-state index < -0.39 is 0 Å². The number of nitrogens with zero attached hydrogens (tertiary/aromatic N) is 1. The van der Waals surface area contributed by atoms with Crippen molar-refractivity contribution in [3.05, 3.63) is 57.5 Å². The summed E-state index contributed by atoms with van der Waals surface area (Å²) in [6.07, 6.45) is 4.15. The average molecular weight is 269 g/mol. The lowest BCUT2D eigenvalue weighted by atomic mass is 9.98. The molecule has 1 heterocycles. The van der Waals surface area contributed by atoms with E-state index in [-0.39, 0.29) is 5.56 Å². The third kappa shape index (κ3) is 2.84. The van der Waals surface area contributed by atoms with Crippen LogP contribution < -0.4 is 5.56 Å². The molecule has 0 saturated carbocycles. The second kappa shape index (κ2) is 6.08. The van der Waals surface area contributed by atoms with E-state index in [1.54, 1.807) is 0 Å². The molecule has 2 aromatic rings. The zero-order chi connectivity index (χ0) is 14.7. The van der Waals surface area contributed by atoms with Crippen LogP contribution in [0.5, 0.6) is 0 Å². The van der Waals surface area contributed by atoms with Crippen LogP contribution in [-0.2, 0) is 6.54 Å². The summed E-state index contributed by atoms with van der Waals surface area (Å²) in [6.45, 7) is 9.00. The first kappa shape index (κ1) is 14.6. The minimum Gasteiger partial charge on any atom is -0.315 e. The summed E-state index contributed by atoms with van der Waals surface area (Å²) in [7, 11) is 0. The van der Waals surface area contributed by atoms with E-state index in [1.807, 2.05) is 24.6 Å².